The van der Waals surface area contributed by atoms with Crippen LogP contribution in [0.3, 0.4) is 0 Å². The Bertz CT molecular complexity index is 1340. The van der Waals surface area contributed by atoms with Crippen molar-refractivity contribution in [1.29, 1.82) is 0 Å². The van der Waals surface area contributed by atoms with Crippen molar-refractivity contribution in [2.75, 3.05) is 13.2 Å². The third-order valence-corrected chi connectivity index (χ3v) is 6.82. The first-order valence-electron chi connectivity index (χ1n) is 13.6. The fourth-order valence-electron chi connectivity index (χ4n) is 4.75. The Morgan fingerprint density at radius 2 is 1.72 bits per heavy atom. The van der Waals surface area contributed by atoms with Crippen molar-refractivity contribution in [3.63, 3.8) is 0 Å². The lowest BCUT2D eigenvalue weighted by Crippen LogP contribution is -2.36. The van der Waals surface area contributed by atoms with Gasteiger partial charge in [0.25, 0.3) is 0 Å². The molecule has 1 N–H and O–H groups in total. The molecule has 7 heteroatoms. The summed E-state index contributed by atoms with van der Waals surface area (Å²) in [6.07, 6.45) is 1.54. The minimum atomic E-state index is -0.631. The molecule has 1 atom stereocenters. The van der Waals surface area contributed by atoms with Gasteiger partial charge in [0.15, 0.2) is 0 Å². The van der Waals surface area contributed by atoms with Crippen molar-refractivity contribution in [3.05, 3.63) is 108 Å². The number of aliphatic hydroxyl groups is 1. The maximum Gasteiger partial charge on any atom is 0.227 e. The van der Waals surface area contributed by atoms with Crippen LogP contribution in [0.4, 0.5) is 4.39 Å². The highest BCUT2D eigenvalue weighted by molar-refractivity contribution is 5.44. The van der Waals surface area contributed by atoms with Gasteiger partial charge in [0.2, 0.25) is 5.88 Å². The van der Waals surface area contributed by atoms with Gasteiger partial charge in [-0.3, -0.25) is 4.90 Å². The van der Waals surface area contributed by atoms with Crippen molar-refractivity contribution < 1.29 is 19.0 Å². The number of aliphatic hydroxyl groups excluding tert-OH is 1. The summed E-state index contributed by atoms with van der Waals surface area (Å²) in [6, 6.07) is 26.4. The molecule has 1 aromatic heterocycles. The zero-order chi connectivity index (χ0) is 27.2. The number of halogens is 1. The molecule has 5 rings (SSSR count). The molecule has 3 aromatic carbocycles. The molecule has 4 aromatic rings. The molecule has 0 aliphatic heterocycles. The normalized spacial score (nSPS) is 14.2. The van der Waals surface area contributed by atoms with E-state index in [9.17, 15) is 9.50 Å². The van der Waals surface area contributed by atoms with E-state index in [1.807, 2.05) is 60.7 Å². The lowest BCUT2D eigenvalue weighted by atomic mass is 10.1. The second kappa shape index (κ2) is 12.6. The summed E-state index contributed by atoms with van der Waals surface area (Å²) in [5.74, 6) is 0.758. The Balaban J connectivity index is 1.40. The summed E-state index contributed by atoms with van der Waals surface area (Å²) in [4.78, 5) is 2.30. The maximum atomic E-state index is 14.1. The highest BCUT2D eigenvalue weighted by Crippen LogP contribution is 2.37. The predicted octanol–water partition coefficient (Wildman–Crippen LogP) is 6.47. The summed E-state index contributed by atoms with van der Waals surface area (Å²) >= 11 is 0. The number of aromatic nitrogens is 2. The maximum absolute atomic E-state index is 14.1. The minimum Gasteiger partial charge on any atom is -0.438 e. The van der Waals surface area contributed by atoms with E-state index < -0.39 is 6.10 Å². The van der Waals surface area contributed by atoms with E-state index in [-0.39, 0.29) is 18.3 Å². The average Bonchev–Trinajstić information content (AvgIpc) is 3.72. The standard InChI is InChI=1S/C32H36FN3O3/c1-23(2)31-30(20-35(26-16-17-26)19-28(37)22-38-21-24-10-5-3-6-11-24)32(39-29-15-9-12-25(33)18-29)36(34-31)27-13-7-4-8-14-27/h3-15,18,23,26,28,37H,16-17,19-22H2,1-2H3. The van der Waals surface area contributed by atoms with Gasteiger partial charge in [-0.25, -0.2) is 9.07 Å². The second-order valence-electron chi connectivity index (χ2n) is 10.4. The van der Waals surface area contributed by atoms with Crippen molar-refractivity contribution in [2.24, 2.45) is 0 Å². The molecular formula is C32H36FN3O3. The number of para-hydroxylation sites is 1. The van der Waals surface area contributed by atoms with E-state index in [0.29, 0.717) is 37.4 Å². The van der Waals surface area contributed by atoms with E-state index in [1.165, 1.54) is 12.1 Å². The molecule has 1 heterocycles. The Kier molecular flexibility index (Phi) is 8.71. The number of hydrogen-bond acceptors (Lipinski definition) is 5. The molecule has 0 radical (unpaired) electrons. The predicted molar refractivity (Wildman–Crippen MR) is 150 cm³/mol. The lowest BCUT2D eigenvalue weighted by Gasteiger charge is -2.26. The Morgan fingerprint density at radius 3 is 2.38 bits per heavy atom. The van der Waals surface area contributed by atoms with E-state index in [2.05, 4.69) is 18.7 Å². The van der Waals surface area contributed by atoms with Gasteiger partial charge < -0.3 is 14.6 Å². The molecule has 6 nitrogen and oxygen atoms in total. The fraction of sp³-hybridized carbons (Fsp3) is 0.344. The lowest BCUT2D eigenvalue weighted by molar-refractivity contribution is 0.00692. The SMILES string of the molecule is CC(C)c1nn(-c2ccccc2)c(Oc2cccc(F)c2)c1CN(CC(O)COCc1ccccc1)C1CC1. The number of rotatable bonds is 13. The first-order chi connectivity index (χ1) is 19.0. The van der Waals surface area contributed by atoms with E-state index >= 15 is 0 Å². The van der Waals surface area contributed by atoms with Crippen LogP contribution in [0.5, 0.6) is 11.6 Å². The summed E-state index contributed by atoms with van der Waals surface area (Å²) in [7, 11) is 0. The Labute approximate surface area is 229 Å². The van der Waals surface area contributed by atoms with Crippen LogP contribution in [0.2, 0.25) is 0 Å². The quantitative estimate of drug-likeness (QED) is 0.215. The van der Waals surface area contributed by atoms with Crippen LogP contribution < -0.4 is 4.74 Å². The summed E-state index contributed by atoms with van der Waals surface area (Å²) in [5, 5.41) is 15.9. The van der Waals surface area contributed by atoms with E-state index in [0.717, 1.165) is 35.3 Å². The molecule has 39 heavy (non-hydrogen) atoms. The molecule has 0 amide bonds. The number of nitrogens with zero attached hydrogens (tertiary/aromatic N) is 3. The van der Waals surface area contributed by atoms with Crippen molar-refractivity contribution in [1.82, 2.24) is 14.7 Å². The van der Waals surface area contributed by atoms with Crippen LogP contribution >= 0.6 is 0 Å². The third kappa shape index (κ3) is 7.12. The van der Waals surface area contributed by atoms with Crippen LogP contribution in [0.1, 0.15) is 49.4 Å². The van der Waals surface area contributed by atoms with Gasteiger partial charge >= 0.3 is 0 Å². The molecule has 0 saturated heterocycles. The molecule has 0 bridgehead atoms. The minimum absolute atomic E-state index is 0.139. The van der Waals surface area contributed by atoms with Crippen LogP contribution in [-0.2, 0) is 17.9 Å². The van der Waals surface area contributed by atoms with Gasteiger partial charge in [-0.15, -0.1) is 0 Å². The molecule has 1 unspecified atom stereocenters. The largest absolute Gasteiger partial charge is 0.438 e. The molecule has 1 aliphatic rings. The fourth-order valence-corrected chi connectivity index (χ4v) is 4.75. The van der Waals surface area contributed by atoms with Crippen molar-refractivity contribution in [2.45, 2.75) is 57.9 Å². The van der Waals surface area contributed by atoms with Crippen LogP contribution in [-0.4, -0.2) is 45.1 Å². The van der Waals surface area contributed by atoms with Gasteiger partial charge in [-0.05, 0) is 48.6 Å². The Hall–Kier alpha value is -3.52. The molecule has 1 fully saturated rings. The molecule has 0 spiro atoms. The zero-order valence-corrected chi connectivity index (χ0v) is 22.5. The van der Waals surface area contributed by atoms with E-state index in [1.54, 1.807) is 16.8 Å². The van der Waals surface area contributed by atoms with Crippen LogP contribution in [0, 0.1) is 5.82 Å². The molecule has 1 saturated carbocycles. The molecular weight excluding hydrogens is 493 g/mol. The smallest absolute Gasteiger partial charge is 0.227 e. The third-order valence-electron chi connectivity index (χ3n) is 6.82. The number of hydrogen-bond donors (Lipinski definition) is 1. The highest BCUT2D eigenvalue weighted by atomic mass is 19.1. The van der Waals surface area contributed by atoms with Gasteiger partial charge in [-0.1, -0.05) is 68.4 Å². The van der Waals surface area contributed by atoms with Crippen LogP contribution in [0.25, 0.3) is 5.69 Å². The summed E-state index contributed by atoms with van der Waals surface area (Å²) in [5.41, 5.74) is 3.82. The molecule has 1 aliphatic carbocycles. The Morgan fingerprint density at radius 1 is 1.00 bits per heavy atom. The van der Waals surface area contributed by atoms with Crippen LogP contribution in [0.15, 0.2) is 84.9 Å². The first kappa shape index (κ1) is 27.1. The summed E-state index contributed by atoms with van der Waals surface area (Å²) < 4.78 is 28.1. The zero-order valence-electron chi connectivity index (χ0n) is 22.5. The topological polar surface area (TPSA) is 59.8 Å². The second-order valence-corrected chi connectivity index (χ2v) is 10.4. The van der Waals surface area contributed by atoms with Gasteiger partial charge in [0.05, 0.1) is 36.3 Å². The molecule has 204 valence electrons. The van der Waals surface area contributed by atoms with Gasteiger partial charge in [-0.2, -0.15) is 5.10 Å². The van der Waals surface area contributed by atoms with Crippen molar-refractivity contribution >= 4 is 0 Å². The monoisotopic (exact) mass is 529 g/mol. The summed E-state index contributed by atoms with van der Waals surface area (Å²) in [6.45, 7) is 5.99. The number of benzene rings is 3. The van der Waals surface area contributed by atoms with Gasteiger partial charge in [0.1, 0.15) is 11.6 Å². The number of ether oxygens (including phenoxy) is 2. The van der Waals surface area contributed by atoms with Gasteiger partial charge in [0, 0.05) is 25.2 Å². The average molecular weight is 530 g/mol. The highest BCUT2D eigenvalue weighted by Gasteiger charge is 2.33. The van der Waals surface area contributed by atoms with Crippen molar-refractivity contribution in [3.8, 4) is 17.3 Å². The van der Waals surface area contributed by atoms with E-state index in [4.69, 9.17) is 14.6 Å². The first-order valence-corrected chi connectivity index (χ1v) is 13.6.